The molecule has 0 bridgehead atoms. The molecule has 2 amide bonds. The summed E-state index contributed by atoms with van der Waals surface area (Å²) in [4.78, 5) is 30.4. The number of hydrogen-bond donors (Lipinski definition) is 1. The van der Waals surface area contributed by atoms with Crippen molar-refractivity contribution < 1.29 is 9.59 Å². The van der Waals surface area contributed by atoms with Gasteiger partial charge in [-0.25, -0.2) is 0 Å². The number of rotatable bonds is 6. The smallest absolute Gasteiger partial charge is 0.252 e. The van der Waals surface area contributed by atoms with Gasteiger partial charge in [-0.3, -0.25) is 9.59 Å². The standard InChI is InChI=1S/C25H28N4O2S/c26-17-19-7-9-21(10-8-19)28-15-11-20(12-16-28)27-25(31)22-5-1-2-6-23(22)32-18-24(30)29-13-3-4-14-29/h1-2,5-10,20H,3-4,11-16,18H2,(H,27,31). The number of nitriles is 1. The fraction of sp³-hybridized carbons (Fsp3) is 0.400. The van der Waals surface area contributed by atoms with Crippen LogP contribution in [-0.2, 0) is 4.79 Å². The molecule has 0 atom stereocenters. The molecule has 2 aromatic carbocycles. The van der Waals surface area contributed by atoms with Gasteiger partial charge in [0, 0.05) is 42.8 Å². The summed E-state index contributed by atoms with van der Waals surface area (Å²) in [6, 6.07) is 17.5. The Morgan fingerprint density at radius 2 is 1.69 bits per heavy atom. The molecular formula is C25H28N4O2S. The van der Waals surface area contributed by atoms with Crippen molar-refractivity contribution in [3.8, 4) is 6.07 Å². The highest BCUT2D eigenvalue weighted by atomic mass is 32.2. The van der Waals surface area contributed by atoms with E-state index in [0.717, 1.165) is 62.4 Å². The van der Waals surface area contributed by atoms with E-state index in [9.17, 15) is 9.59 Å². The summed E-state index contributed by atoms with van der Waals surface area (Å²) in [5.41, 5.74) is 2.41. The lowest BCUT2D eigenvalue weighted by molar-refractivity contribution is -0.127. The predicted molar refractivity (Wildman–Crippen MR) is 127 cm³/mol. The molecule has 0 saturated carbocycles. The van der Waals surface area contributed by atoms with Crippen LogP contribution in [0.25, 0.3) is 0 Å². The average Bonchev–Trinajstić information content (AvgIpc) is 3.38. The number of benzene rings is 2. The quantitative estimate of drug-likeness (QED) is 0.683. The van der Waals surface area contributed by atoms with Crippen molar-refractivity contribution in [2.75, 3.05) is 36.8 Å². The molecule has 166 valence electrons. The summed E-state index contributed by atoms with van der Waals surface area (Å²) in [6.07, 6.45) is 3.90. The molecule has 2 aliphatic heterocycles. The molecule has 2 heterocycles. The lowest BCUT2D eigenvalue weighted by atomic mass is 10.0. The van der Waals surface area contributed by atoms with Gasteiger partial charge in [0.05, 0.1) is 22.9 Å². The third-order valence-corrected chi connectivity index (χ3v) is 7.19. The van der Waals surface area contributed by atoms with Gasteiger partial charge in [-0.2, -0.15) is 5.26 Å². The topological polar surface area (TPSA) is 76.4 Å². The highest BCUT2D eigenvalue weighted by molar-refractivity contribution is 8.00. The van der Waals surface area contributed by atoms with E-state index >= 15 is 0 Å². The zero-order valence-electron chi connectivity index (χ0n) is 18.1. The fourth-order valence-electron chi connectivity index (χ4n) is 4.27. The molecule has 0 unspecified atom stereocenters. The first-order chi connectivity index (χ1) is 15.6. The van der Waals surface area contributed by atoms with Crippen LogP contribution in [0.4, 0.5) is 5.69 Å². The van der Waals surface area contributed by atoms with Gasteiger partial charge in [-0.05, 0) is 62.1 Å². The van der Waals surface area contributed by atoms with Crippen molar-refractivity contribution in [3.05, 3.63) is 59.7 Å². The Hall–Kier alpha value is -2.98. The van der Waals surface area contributed by atoms with Crippen LogP contribution < -0.4 is 10.2 Å². The molecule has 0 aromatic heterocycles. The van der Waals surface area contributed by atoms with Crippen molar-refractivity contribution in [1.29, 1.82) is 5.26 Å². The number of nitrogens with zero attached hydrogens (tertiary/aromatic N) is 3. The monoisotopic (exact) mass is 448 g/mol. The highest BCUT2D eigenvalue weighted by Crippen LogP contribution is 2.25. The maximum absolute atomic E-state index is 13.0. The number of carbonyl (C=O) groups is 2. The minimum Gasteiger partial charge on any atom is -0.371 e. The molecule has 2 aromatic rings. The van der Waals surface area contributed by atoms with Crippen LogP contribution in [0.1, 0.15) is 41.6 Å². The van der Waals surface area contributed by atoms with Gasteiger partial charge in [0.1, 0.15) is 0 Å². The third kappa shape index (κ3) is 5.43. The second kappa shape index (κ2) is 10.6. The number of piperidine rings is 1. The summed E-state index contributed by atoms with van der Waals surface area (Å²) < 4.78 is 0. The van der Waals surface area contributed by atoms with Crippen LogP contribution in [0.5, 0.6) is 0 Å². The molecule has 0 aliphatic carbocycles. The Morgan fingerprint density at radius 1 is 1.00 bits per heavy atom. The van der Waals surface area contributed by atoms with Gasteiger partial charge in [-0.15, -0.1) is 11.8 Å². The Kier molecular flexibility index (Phi) is 7.33. The van der Waals surface area contributed by atoms with Gasteiger partial charge in [0.25, 0.3) is 5.91 Å². The van der Waals surface area contributed by atoms with Crippen LogP contribution in [-0.4, -0.2) is 54.7 Å². The minimum atomic E-state index is -0.0708. The number of carbonyl (C=O) groups excluding carboxylic acids is 2. The molecule has 6 nitrogen and oxygen atoms in total. The molecule has 2 saturated heterocycles. The number of likely N-dealkylation sites (tertiary alicyclic amines) is 1. The van der Waals surface area contributed by atoms with Crippen LogP contribution in [0.3, 0.4) is 0 Å². The lowest BCUT2D eigenvalue weighted by Gasteiger charge is -2.34. The molecular weight excluding hydrogens is 420 g/mol. The lowest BCUT2D eigenvalue weighted by Crippen LogP contribution is -2.44. The second-order valence-electron chi connectivity index (χ2n) is 8.27. The van der Waals surface area contributed by atoms with E-state index in [1.54, 1.807) is 0 Å². The average molecular weight is 449 g/mol. The number of amides is 2. The Morgan fingerprint density at radius 3 is 2.38 bits per heavy atom. The van der Waals surface area contributed by atoms with Gasteiger partial charge in [0.2, 0.25) is 5.91 Å². The molecule has 4 rings (SSSR count). The van der Waals surface area contributed by atoms with E-state index in [-0.39, 0.29) is 17.9 Å². The summed E-state index contributed by atoms with van der Waals surface area (Å²) in [5, 5.41) is 12.1. The molecule has 32 heavy (non-hydrogen) atoms. The van der Waals surface area contributed by atoms with E-state index in [1.807, 2.05) is 53.4 Å². The van der Waals surface area contributed by atoms with E-state index in [1.165, 1.54) is 11.8 Å². The summed E-state index contributed by atoms with van der Waals surface area (Å²) in [7, 11) is 0. The molecule has 7 heteroatoms. The summed E-state index contributed by atoms with van der Waals surface area (Å²) in [5.74, 6) is 0.448. The number of anilines is 1. The van der Waals surface area contributed by atoms with Gasteiger partial charge in [-0.1, -0.05) is 12.1 Å². The van der Waals surface area contributed by atoms with E-state index in [2.05, 4.69) is 16.3 Å². The second-order valence-corrected chi connectivity index (χ2v) is 9.28. The maximum Gasteiger partial charge on any atom is 0.252 e. The van der Waals surface area contributed by atoms with Crippen LogP contribution in [0.2, 0.25) is 0 Å². The largest absolute Gasteiger partial charge is 0.371 e. The van der Waals surface area contributed by atoms with Gasteiger partial charge in [0.15, 0.2) is 0 Å². The summed E-state index contributed by atoms with van der Waals surface area (Å²) >= 11 is 1.45. The van der Waals surface area contributed by atoms with Crippen molar-refractivity contribution in [1.82, 2.24) is 10.2 Å². The van der Waals surface area contributed by atoms with Gasteiger partial charge < -0.3 is 15.1 Å². The first-order valence-corrected chi connectivity index (χ1v) is 12.2. The highest BCUT2D eigenvalue weighted by Gasteiger charge is 2.23. The van der Waals surface area contributed by atoms with Crippen molar-refractivity contribution >= 4 is 29.3 Å². The van der Waals surface area contributed by atoms with Crippen molar-refractivity contribution in [2.24, 2.45) is 0 Å². The van der Waals surface area contributed by atoms with Crippen LogP contribution in [0.15, 0.2) is 53.4 Å². The Balaban J connectivity index is 1.30. The van der Waals surface area contributed by atoms with Crippen molar-refractivity contribution in [3.63, 3.8) is 0 Å². The normalized spacial score (nSPS) is 16.6. The maximum atomic E-state index is 13.0. The fourth-order valence-corrected chi connectivity index (χ4v) is 5.22. The molecule has 0 radical (unpaired) electrons. The zero-order valence-corrected chi connectivity index (χ0v) is 18.9. The molecule has 0 spiro atoms. The predicted octanol–water partition coefficient (Wildman–Crippen LogP) is 3.67. The summed E-state index contributed by atoms with van der Waals surface area (Å²) in [6.45, 7) is 3.42. The van der Waals surface area contributed by atoms with E-state index in [4.69, 9.17) is 5.26 Å². The minimum absolute atomic E-state index is 0.0708. The third-order valence-electron chi connectivity index (χ3n) is 6.13. The number of thioether (sulfide) groups is 1. The first kappa shape index (κ1) is 22.2. The molecule has 1 N–H and O–H groups in total. The van der Waals surface area contributed by atoms with Crippen LogP contribution in [0, 0.1) is 11.3 Å². The van der Waals surface area contributed by atoms with Crippen molar-refractivity contribution in [2.45, 2.75) is 36.6 Å². The Bertz CT molecular complexity index is 988. The number of hydrogen-bond acceptors (Lipinski definition) is 5. The van der Waals surface area contributed by atoms with E-state index in [0.29, 0.717) is 16.9 Å². The van der Waals surface area contributed by atoms with Gasteiger partial charge >= 0.3 is 0 Å². The molecule has 2 aliphatic rings. The van der Waals surface area contributed by atoms with E-state index < -0.39 is 0 Å². The number of nitrogens with one attached hydrogen (secondary N) is 1. The zero-order chi connectivity index (χ0) is 22.3. The SMILES string of the molecule is N#Cc1ccc(N2CCC(NC(=O)c3ccccc3SCC(=O)N3CCCC3)CC2)cc1. The first-order valence-electron chi connectivity index (χ1n) is 11.2. The molecule has 2 fully saturated rings. The van der Waals surface area contributed by atoms with Crippen LogP contribution >= 0.6 is 11.8 Å². The Labute approximate surface area is 193 Å².